The summed E-state index contributed by atoms with van der Waals surface area (Å²) in [6.45, 7) is 4.60. The topological polar surface area (TPSA) is 69.7 Å². The van der Waals surface area contributed by atoms with Gasteiger partial charge in [0, 0.05) is 6.42 Å². The maximum atomic E-state index is 11.9. The third kappa shape index (κ3) is 38.2. The molecule has 0 spiro atoms. The maximum Gasteiger partial charge on any atom is 1.00 e. The second kappa shape index (κ2) is 36.6. The van der Waals surface area contributed by atoms with E-state index in [2.05, 4.69) is 30.2 Å². The van der Waals surface area contributed by atoms with Gasteiger partial charge in [-0.15, -0.1) is 0 Å². The normalized spacial score (nSPS) is 11.7. The van der Waals surface area contributed by atoms with Crippen molar-refractivity contribution in [3.63, 3.8) is 0 Å². The van der Waals surface area contributed by atoms with Crippen LogP contribution in [0.4, 0.5) is 0 Å². The summed E-state index contributed by atoms with van der Waals surface area (Å²) in [6.07, 6.45) is 40.3. The first-order valence-corrected chi connectivity index (χ1v) is 19.6. The van der Waals surface area contributed by atoms with Crippen molar-refractivity contribution >= 4 is 16.4 Å². The van der Waals surface area contributed by atoms with Crippen LogP contribution >= 0.6 is 0 Å². The van der Waals surface area contributed by atoms with E-state index in [-0.39, 0.29) is 44.0 Å². The molecule has 252 valence electrons. The first kappa shape index (κ1) is 45.2. The van der Waals surface area contributed by atoms with Gasteiger partial charge >= 0.3 is 45.9 Å². The number of allylic oxidation sites excluding steroid dienone is 2. The Kier molecular flexibility index (Phi) is 38.5. The smallest absolute Gasteiger partial charge is 1.00 e. The van der Waals surface area contributed by atoms with E-state index >= 15 is 0 Å². The molecule has 0 heterocycles. The Bertz CT molecular complexity index is 703. The van der Waals surface area contributed by atoms with Crippen LogP contribution in [0.5, 0.6) is 0 Å². The molecule has 0 bridgehead atoms. The molecule has 0 amide bonds. The second-order valence-corrected chi connectivity index (χ2v) is 13.5. The van der Waals surface area contributed by atoms with Gasteiger partial charge in [-0.05, 0) is 38.5 Å². The summed E-state index contributed by atoms with van der Waals surface area (Å²) in [7, 11) is -4.23. The Balaban J connectivity index is -0.00000840. The molecule has 0 rings (SSSR count). The molecule has 0 N–H and O–H groups in total. The number of carbonyl (C=O) groups is 1. The molecule has 0 radical (unpaired) electrons. The Morgan fingerprint density at radius 1 is 0.512 bits per heavy atom. The average molecular weight is 639 g/mol. The standard InChI is InChI=1S/C36H70O5S.Na.H/c1-3-5-7-9-11-13-15-17-19-21-23-25-27-29-31-33-35-40-42(38,39)41-36(37)34-32-30-28-26-24-22-20-18-16-14-12-10-8-6-4-2;;/h18,20H,3-17,19,21-35H2,1-2H3;;/q;+1;-1. The summed E-state index contributed by atoms with van der Waals surface area (Å²) in [4.78, 5) is 11.9. The Morgan fingerprint density at radius 2 is 0.837 bits per heavy atom. The van der Waals surface area contributed by atoms with Crippen molar-refractivity contribution in [1.29, 1.82) is 0 Å². The molecule has 0 saturated carbocycles. The summed E-state index contributed by atoms with van der Waals surface area (Å²) < 4.78 is 33.2. The van der Waals surface area contributed by atoms with Gasteiger partial charge in [-0.2, -0.15) is 8.42 Å². The van der Waals surface area contributed by atoms with Crippen LogP contribution in [0.1, 0.15) is 208 Å². The van der Waals surface area contributed by atoms with Crippen LogP contribution < -0.4 is 29.6 Å². The molecular formula is C36H71NaO5S. The zero-order valence-corrected chi connectivity index (χ0v) is 31.8. The molecule has 0 aromatic heterocycles. The third-order valence-electron chi connectivity index (χ3n) is 8.06. The van der Waals surface area contributed by atoms with Crippen molar-refractivity contribution in [3.05, 3.63) is 12.2 Å². The molecule has 0 aliphatic rings. The van der Waals surface area contributed by atoms with Gasteiger partial charge in [-0.1, -0.05) is 174 Å². The fourth-order valence-corrected chi connectivity index (χ4v) is 6.01. The second-order valence-electron chi connectivity index (χ2n) is 12.3. The summed E-state index contributed by atoms with van der Waals surface area (Å²) in [5.74, 6) is -0.709. The van der Waals surface area contributed by atoms with Crippen LogP contribution in [-0.4, -0.2) is 21.0 Å². The van der Waals surface area contributed by atoms with E-state index < -0.39 is 16.4 Å². The molecule has 0 atom stereocenters. The minimum Gasteiger partial charge on any atom is -1.00 e. The molecule has 0 saturated heterocycles. The monoisotopic (exact) mass is 638 g/mol. The minimum absolute atomic E-state index is 0. The van der Waals surface area contributed by atoms with Crippen molar-refractivity contribution in [1.82, 2.24) is 0 Å². The Labute approximate surface area is 292 Å². The van der Waals surface area contributed by atoms with Crippen molar-refractivity contribution < 1.29 is 52.6 Å². The van der Waals surface area contributed by atoms with Gasteiger partial charge in [0.05, 0.1) is 6.61 Å². The first-order valence-electron chi connectivity index (χ1n) is 18.3. The van der Waals surface area contributed by atoms with Gasteiger partial charge in [0.1, 0.15) is 0 Å². The van der Waals surface area contributed by atoms with E-state index in [0.29, 0.717) is 12.8 Å². The van der Waals surface area contributed by atoms with Gasteiger partial charge in [0.2, 0.25) is 0 Å². The first-order chi connectivity index (χ1) is 20.5. The van der Waals surface area contributed by atoms with E-state index in [1.807, 2.05) is 0 Å². The Hall–Kier alpha value is 0.120. The molecule has 0 aliphatic heterocycles. The summed E-state index contributed by atoms with van der Waals surface area (Å²) in [5.41, 5.74) is 0. The van der Waals surface area contributed by atoms with Crippen molar-refractivity contribution in [2.24, 2.45) is 0 Å². The van der Waals surface area contributed by atoms with Gasteiger partial charge in [0.25, 0.3) is 0 Å². The van der Waals surface area contributed by atoms with E-state index in [1.165, 1.54) is 135 Å². The molecule has 0 fully saturated rings. The predicted octanol–water partition coefficient (Wildman–Crippen LogP) is 9.21. The molecule has 0 aromatic rings. The number of carbonyl (C=O) groups excluding carboxylic acids is 1. The van der Waals surface area contributed by atoms with Crippen molar-refractivity contribution in [2.75, 3.05) is 6.61 Å². The zero-order valence-electron chi connectivity index (χ0n) is 30.0. The molecule has 0 unspecified atom stereocenters. The SMILES string of the molecule is CCCCCCCCC=CCCCCCCCC(=O)OS(=O)(=O)OCCCCCCCCCCCCCCCCCC.[H-].[Na+]. The van der Waals surface area contributed by atoms with E-state index in [1.54, 1.807) is 0 Å². The predicted molar refractivity (Wildman–Crippen MR) is 181 cm³/mol. The molecule has 0 aromatic carbocycles. The molecular weight excluding hydrogens is 567 g/mol. The minimum atomic E-state index is -4.23. The largest absolute Gasteiger partial charge is 1.00 e. The number of unbranched alkanes of at least 4 members (excludes halogenated alkanes) is 26. The summed E-state index contributed by atoms with van der Waals surface area (Å²) in [6, 6.07) is 0. The summed E-state index contributed by atoms with van der Waals surface area (Å²) in [5, 5.41) is 0. The van der Waals surface area contributed by atoms with Crippen LogP contribution in [0.2, 0.25) is 0 Å². The van der Waals surface area contributed by atoms with Crippen LogP contribution in [0.3, 0.4) is 0 Å². The van der Waals surface area contributed by atoms with Gasteiger partial charge in [-0.3, -0.25) is 4.79 Å². The number of hydrogen-bond acceptors (Lipinski definition) is 5. The summed E-state index contributed by atoms with van der Waals surface area (Å²) >= 11 is 0. The maximum absolute atomic E-state index is 11.9. The fraction of sp³-hybridized carbons (Fsp3) is 0.917. The fourth-order valence-electron chi connectivity index (χ4n) is 5.33. The third-order valence-corrected chi connectivity index (χ3v) is 8.91. The molecule has 7 heteroatoms. The van der Waals surface area contributed by atoms with Gasteiger partial charge < -0.3 is 5.61 Å². The van der Waals surface area contributed by atoms with Crippen LogP contribution in [-0.2, 0) is 23.6 Å². The van der Waals surface area contributed by atoms with Crippen LogP contribution in [0.25, 0.3) is 0 Å². The zero-order chi connectivity index (χ0) is 30.8. The molecule has 43 heavy (non-hydrogen) atoms. The average Bonchev–Trinajstić information content (AvgIpc) is 2.96. The number of rotatable bonds is 34. The molecule has 5 nitrogen and oxygen atoms in total. The number of hydrogen-bond donors (Lipinski definition) is 0. The van der Waals surface area contributed by atoms with E-state index in [9.17, 15) is 13.2 Å². The molecule has 0 aliphatic carbocycles. The van der Waals surface area contributed by atoms with Gasteiger partial charge in [-0.25, -0.2) is 4.18 Å². The Morgan fingerprint density at radius 3 is 1.23 bits per heavy atom. The van der Waals surface area contributed by atoms with Crippen LogP contribution in [0.15, 0.2) is 12.2 Å². The van der Waals surface area contributed by atoms with E-state index in [0.717, 1.165) is 38.5 Å². The van der Waals surface area contributed by atoms with E-state index in [4.69, 9.17) is 4.18 Å². The quantitative estimate of drug-likeness (QED) is 0.0399. The van der Waals surface area contributed by atoms with Gasteiger partial charge in [0.15, 0.2) is 0 Å². The van der Waals surface area contributed by atoms with Crippen LogP contribution in [0, 0.1) is 0 Å². The van der Waals surface area contributed by atoms with Crippen molar-refractivity contribution in [3.8, 4) is 0 Å². The van der Waals surface area contributed by atoms with Crippen molar-refractivity contribution in [2.45, 2.75) is 206 Å².